The SMILES string of the molecule is Cc1ccc([C@](O)(CN)C(F)(F)c2ccc(Br)cn2)c(F)c1. The molecule has 2 aromatic rings. The average molecular weight is 375 g/mol. The molecule has 0 radical (unpaired) electrons. The number of halogens is 4. The minimum absolute atomic E-state index is 0.504. The summed E-state index contributed by atoms with van der Waals surface area (Å²) in [5, 5.41) is 10.4. The third-order valence-electron chi connectivity index (χ3n) is 3.43. The van der Waals surface area contributed by atoms with Crippen LogP contribution in [0.5, 0.6) is 0 Å². The van der Waals surface area contributed by atoms with Crippen LogP contribution >= 0.6 is 15.9 Å². The summed E-state index contributed by atoms with van der Waals surface area (Å²) >= 11 is 3.09. The molecule has 3 nitrogen and oxygen atoms in total. The van der Waals surface area contributed by atoms with Crippen LogP contribution in [0.3, 0.4) is 0 Å². The molecule has 0 aliphatic carbocycles. The van der Waals surface area contributed by atoms with Gasteiger partial charge < -0.3 is 10.8 Å². The molecule has 0 spiro atoms. The van der Waals surface area contributed by atoms with E-state index in [0.717, 1.165) is 18.2 Å². The summed E-state index contributed by atoms with van der Waals surface area (Å²) in [5.41, 5.74) is 1.76. The predicted molar refractivity (Wildman–Crippen MR) is 79.9 cm³/mol. The van der Waals surface area contributed by atoms with Crippen LogP contribution in [0, 0.1) is 12.7 Å². The van der Waals surface area contributed by atoms with Gasteiger partial charge in [-0.1, -0.05) is 12.1 Å². The second kappa shape index (κ2) is 5.98. The molecule has 118 valence electrons. The Morgan fingerprint density at radius 1 is 1.27 bits per heavy atom. The van der Waals surface area contributed by atoms with Crippen LogP contribution in [-0.2, 0) is 11.5 Å². The fourth-order valence-electron chi connectivity index (χ4n) is 2.14. The van der Waals surface area contributed by atoms with E-state index in [9.17, 15) is 18.3 Å². The highest BCUT2D eigenvalue weighted by molar-refractivity contribution is 9.10. The third-order valence-corrected chi connectivity index (χ3v) is 3.90. The Morgan fingerprint density at radius 3 is 2.45 bits per heavy atom. The van der Waals surface area contributed by atoms with Gasteiger partial charge in [-0.2, -0.15) is 8.78 Å². The van der Waals surface area contributed by atoms with Crippen molar-refractivity contribution in [2.45, 2.75) is 18.4 Å². The highest BCUT2D eigenvalue weighted by Crippen LogP contribution is 2.45. The van der Waals surface area contributed by atoms with Crippen LogP contribution in [0.2, 0.25) is 0 Å². The van der Waals surface area contributed by atoms with Crippen molar-refractivity contribution in [3.05, 3.63) is 63.6 Å². The van der Waals surface area contributed by atoms with Crippen LogP contribution in [0.15, 0.2) is 41.0 Å². The van der Waals surface area contributed by atoms with E-state index in [0.29, 0.717) is 10.0 Å². The molecule has 2 rings (SSSR count). The fourth-order valence-corrected chi connectivity index (χ4v) is 2.37. The van der Waals surface area contributed by atoms with Gasteiger partial charge in [0, 0.05) is 22.8 Å². The van der Waals surface area contributed by atoms with Crippen LogP contribution in [0.25, 0.3) is 0 Å². The topological polar surface area (TPSA) is 59.1 Å². The summed E-state index contributed by atoms with van der Waals surface area (Å²) < 4.78 is 44.0. The molecular weight excluding hydrogens is 361 g/mol. The highest BCUT2D eigenvalue weighted by Gasteiger charge is 2.56. The largest absolute Gasteiger partial charge is 0.377 e. The van der Waals surface area contributed by atoms with Crippen LogP contribution in [0.1, 0.15) is 16.8 Å². The Hall–Kier alpha value is -1.44. The molecule has 7 heteroatoms. The molecule has 0 fully saturated rings. The molecule has 1 aromatic carbocycles. The first-order chi connectivity index (χ1) is 10.2. The van der Waals surface area contributed by atoms with Gasteiger partial charge >= 0.3 is 5.92 Å². The van der Waals surface area contributed by atoms with E-state index < -0.39 is 35.1 Å². The van der Waals surface area contributed by atoms with Crippen molar-refractivity contribution in [2.75, 3.05) is 6.54 Å². The lowest BCUT2D eigenvalue weighted by molar-refractivity contribution is -0.193. The number of aryl methyl sites for hydroxylation is 1. The number of pyridine rings is 1. The smallest absolute Gasteiger partial charge is 0.323 e. The first-order valence-electron chi connectivity index (χ1n) is 6.41. The molecule has 3 N–H and O–H groups in total. The van der Waals surface area contributed by atoms with E-state index in [2.05, 4.69) is 20.9 Å². The van der Waals surface area contributed by atoms with Gasteiger partial charge in [0.25, 0.3) is 0 Å². The Morgan fingerprint density at radius 2 is 1.95 bits per heavy atom. The lowest BCUT2D eigenvalue weighted by Gasteiger charge is -2.35. The van der Waals surface area contributed by atoms with E-state index in [1.54, 1.807) is 6.92 Å². The van der Waals surface area contributed by atoms with Gasteiger partial charge in [0.2, 0.25) is 0 Å². The van der Waals surface area contributed by atoms with Crippen molar-refractivity contribution in [2.24, 2.45) is 5.73 Å². The summed E-state index contributed by atoms with van der Waals surface area (Å²) in [6.45, 7) is 0.751. The molecule has 1 atom stereocenters. The van der Waals surface area contributed by atoms with E-state index in [-0.39, 0.29) is 0 Å². The van der Waals surface area contributed by atoms with E-state index in [4.69, 9.17) is 5.73 Å². The molecule has 0 unspecified atom stereocenters. The molecule has 1 aromatic heterocycles. The fraction of sp³-hybridized carbons (Fsp3) is 0.267. The number of nitrogens with zero attached hydrogens (tertiary/aromatic N) is 1. The van der Waals surface area contributed by atoms with Crippen molar-refractivity contribution in [3.8, 4) is 0 Å². The highest BCUT2D eigenvalue weighted by atomic mass is 79.9. The van der Waals surface area contributed by atoms with Gasteiger partial charge in [0.1, 0.15) is 11.5 Å². The number of aromatic nitrogens is 1. The maximum Gasteiger partial charge on any atom is 0.323 e. The quantitative estimate of drug-likeness (QED) is 0.863. The normalized spacial score (nSPS) is 14.7. The monoisotopic (exact) mass is 374 g/mol. The zero-order valence-corrected chi connectivity index (χ0v) is 13.2. The van der Waals surface area contributed by atoms with Gasteiger partial charge in [0.15, 0.2) is 5.60 Å². The zero-order valence-electron chi connectivity index (χ0n) is 11.7. The number of nitrogens with two attached hydrogens (primary N) is 1. The Labute approximate surface area is 134 Å². The number of hydrogen-bond donors (Lipinski definition) is 2. The van der Waals surface area contributed by atoms with Crippen LogP contribution in [-0.4, -0.2) is 16.6 Å². The summed E-state index contributed by atoms with van der Waals surface area (Å²) in [6, 6.07) is 6.03. The lowest BCUT2D eigenvalue weighted by atomic mass is 9.84. The average Bonchev–Trinajstić information content (AvgIpc) is 2.46. The summed E-state index contributed by atoms with van der Waals surface area (Å²) in [5.74, 6) is -4.80. The number of benzene rings is 1. The van der Waals surface area contributed by atoms with E-state index in [1.165, 1.54) is 18.3 Å². The van der Waals surface area contributed by atoms with Gasteiger partial charge in [-0.3, -0.25) is 4.98 Å². The number of hydrogen-bond acceptors (Lipinski definition) is 3. The van der Waals surface area contributed by atoms with Crippen LogP contribution in [0.4, 0.5) is 13.2 Å². The minimum atomic E-state index is -3.86. The molecule has 22 heavy (non-hydrogen) atoms. The Bertz CT molecular complexity index is 679. The standard InChI is InChI=1S/C15H14BrF3N2O/c1-9-2-4-11(12(17)6-9)14(22,8-20)15(18,19)13-5-3-10(16)7-21-13/h2-7,22H,8,20H2,1H3/t14-/m1/s1. The molecule has 0 saturated carbocycles. The van der Waals surface area contributed by atoms with Gasteiger partial charge in [-0.15, -0.1) is 0 Å². The third kappa shape index (κ3) is 2.76. The molecule has 0 bridgehead atoms. The first kappa shape index (κ1) is 16.9. The maximum atomic E-state index is 14.7. The molecule has 0 amide bonds. The van der Waals surface area contributed by atoms with Crippen LogP contribution < -0.4 is 5.73 Å². The second-order valence-electron chi connectivity index (χ2n) is 4.98. The van der Waals surface area contributed by atoms with Gasteiger partial charge in [0.05, 0.1) is 0 Å². The van der Waals surface area contributed by atoms with Gasteiger partial charge in [-0.25, -0.2) is 4.39 Å². The zero-order chi connectivity index (χ0) is 16.5. The number of aliphatic hydroxyl groups is 1. The first-order valence-corrected chi connectivity index (χ1v) is 7.20. The van der Waals surface area contributed by atoms with Gasteiger partial charge in [-0.05, 0) is 46.6 Å². The van der Waals surface area contributed by atoms with Crippen molar-refractivity contribution >= 4 is 15.9 Å². The van der Waals surface area contributed by atoms with E-state index in [1.807, 2.05) is 0 Å². The Kier molecular flexibility index (Phi) is 4.60. The number of alkyl halides is 2. The second-order valence-corrected chi connectivity index (χ2v) is 5.90. The summed E-state index contributed by atoms with van der Waals surface area (Å²) in [4.78, 5) is 3.60. The Balaban J connectivity index is 2.59. The van der Waals surface area contributed by atoms with Crippen molar-refractivity contribution < 1.29 is 18.3 Å². The molecule has 0 aliphatic rings. The maximum absolute atomic E-state index is 14.7. The van der Waals surface area contributed by atoms with Crippen molar-refractivity contribution in [1.29, 1.82) is 0 Å². The summed E-state index contributed by atoms with van der Waals surface area (Å²) in [6.07, 6.45) is 1.17. The summed E-state index contributed by atoms with van der Waals surface area (Å²) in [7, 11) is 0. The van der Waals surface area contributed by atoms with Crippen molar-refractivity contribution in [3.63, 3.8) is 0 Å². The van der Waals surface area contributed by atoms with E-state index >= 15 is 0 Å². The predicted octanol–water partition coefficient (Wildman–Crippen LogP) is 3.23. The molecule has 0 saturated heterocycles. The number of rotatable bonds is 4. The lowest BCUT2D eigenvalue weighted by Crippen LogP contribution is -2.50. The molecule has 0 aliphatic heterocycles. The molecular formula is C15H14BrF3N2O. The molecule has 1 heterocycles. The van der Waals surface area contributed by atoms with Crippen molar-refractivity contribution in [1.82, 2.24) is 4.98 Å². The minimum Gasteiger partial charge on any atom is -0.377 e.